The molecular weight excluding hydrogens is 364 g/mol. The third-order valence-corrected chi connectivity index (χ3v) is 6.65. The summed E-state index contributed by atoms with van der Waals surface area (Å²) >= 11 is 1.85. The van der Waals surface area contributed by atoms with Gasteiger partial charge in [-0.05, 0) is 45.7 Å². The number of benzene rings is 4. The number of rotatable bonds is 3. The molecule has 0 radical (unpaired) electrons. The van der Waals surface area contributed by atoms with Crippen LogP contribution in [0.5, 0.6) is 0 Å². The Kier molecular flexibility index (Phi) is 3.92. The highest BCUT2D eigenvalue weighted by atomic mass is 32.1. The maximum Gasteiger partial charge on any atom is 0.330 e. The lowest BCUT2D eigenvalue weighted by molar-refractivity contribution is -0.138. The number of esters is 1. The summed E-state index contributed by atoms with van der Waals surface area (Å²) in [5.41, 5.74) is 2.29. The lowest BCUT2D eigenvalue weighted by atomic mass is 9.96. The second-order valence-corrected chi connectivity index (χ2v) is 8.01. The van der Waals surface area contributed by atoms with Crippen molar-refractivity contribution >= 4 is 59.0 Å². The second-order valence-electron chi connectivity index (χ2n) is 6.99. The number of hydrogen-bond donors (Lipinski definition) is 0. The van der Waals surface area contributed by atoms with Crippen molar-refractivity contribution in [3.05, 3.63) is 84.4 Å². The Hall–Kier alpha value is -3.17. The summed E-state index contributed by atoms with van der Waals surface area (Å²) in [7, 11) is 0. The smallest absolute Gasteiger partial charge is 0.330 e. The lowest BCUT2D eigenvalue weighted by Gasteiger charge is -2.10. The van der Waals surface area contributed by atoms with E-state index >= 15 is 0 Å². The third kappa shape index (κ3) is 2.51. The monoisotopic (exact) mass is 382 g/mol. The summed E-state index contributed by atoms with van der Waals surface area (Å²) in [6.07, 6.45) is 1.21. The molecular formula is C25H18O2S. The van der Waals surface area contributed by atoms with E-state index in [0.29, 0.717) is 0 Å². The molecule has 28 heavy (non-hydrogen) atoms. The van der Waals surface area contributed by atoms with Crippen LogP contribution in [-0.4, -0.2) is 5.97 Å². The molecule has 1 heterocycles. The molecule has 5 aromatic rings. The molecule has 136 valence electrons. The summed E-state index contributed by atoms with van der Waals surface area (Å²) in [5.74, 6) is -0.401. The predicted molar refractivity (Wildman–Crippen MR) is 119 cm³/mol. The van der Waals surface area contributed by atoms with Crippen LogP contribution in [-0.2, 0) is 16.1 Å². The number of ether oxygens (including phenoxy) is 1. The van der Waals surface area contributed by atoms with Crippen molar-refractivity contribution in [2.24, 2.45) is 0 Å². The Balaban J connectivity index is 1.90. The minimum Gasteiger partial charge on any atom is -0.458 e. The van der Waals surface area contributed by atoms with Crippen LogP contribution in [0.1, 0.15) is 11.1 Å². The van der Waals surface area contributed by atoms with E-state index in [-0.39, 0.29) is 6.61 Å². The van der Waals surface area contributed by atoms with Gasteiger partial charge in [0.2, 0.25) is 0 Å². The number of aryl methyl sites for hydroxylation is 1. The first kappa shape index (κ1) is 17.0. The van der Waals surface area contributed by atoms with E-state index in [2.05, 4.69) is 62.0 Å². The van der Waals surface area contributed by atoms with Gasteiger partial charge in [0, 0.05) is 26.2 Å². The average molecular weight is 382 g/mol. The fraction of sp³-hybridized carbons (Fsp3) is 0.0800. The Morgan fingerprint density at radius 3 is 2.64 bits per heavy atom. The van der Waals surface area contributed by atoms with Crippen LogP contribution in [0.25, 0.3) is 41.7 Å². The highest BCUT2D eigenvalue weighted by Gasteiger charge is 2.16. The topological polar surface area (TPSA) is 26.3 Å². The molecule has 2 nitrogen and oxygen atoms in total. The van der Waals surface area contributed by atoms with Crippen LogP contribution < -0.4 is 0 Å². The van der Waals surface area contributed by atoms with Crippen molar-refractivity contribution in [2.75, 3.05) is 0 Å². The first-order valence-corrected chi connectivity index (χ1v) is 10.0. The van der Waals surface area contributed by atoms with Crippen molar-refractivity contribution in [3.63, 3.8) is 0 Å². The Morgan fingerprint density at radius 1 is 0.964 bits per heavy atom. The number of thiophene rings is 1. The maximum atomic E-state index is 11.6. The Labute approximate surface area is 166 Å². The van der Waals surface area contributed by atoms with E-state index in [0.717, 1.165) is 5.56 Å². The minimum atomic E-state index is -0.401. The van der Waals surface area contributed by atoms with Crippen molar-refractivity contribution in [2.45, 2.75) is 13.5 Å². The van der Waals surface area contributed by atoms with Gasteiger partial charge < -0.3 is 4.74 Å². The number of fused-ring (bicyclic) bond motifs is 7. The van der Waals surface area contributed by atoms with Gasteiger partial charge in [-0.3, -0.25) is 0 Å². The Morgan fingerprint density at radius 2 is 1.79 bits per heavy atom. The van der Waals surface area contributed by atoms with Crippen molar-refractivity contribution in [1.82, 2.24) is 0 Å². The molecule has 0 unspecified atom stereocenters. The summed E-state index contributed by atoms with van der Waals surface area (Å²) in [4.78, 5) is 11.6. The van der Waals surface area contributed by atoms with E-state index < -0.39 is 5.97 Å². The van der Waals surface area contributed by atoms with Gasteiger partial charge in [-0.1, -0.05) is 61.2 Å². The molecule has 5 rings (SSSR count). The largest absolute Gasteiger partial charge is 0.458 e. The van der Waals surface area contributed by atoms with Crippen LogP contribution >= 0.6 is 11.3 Å². The van der Waals surface area contributed by atoms with E-state index in [9.17, 15) is 4.79 Å². The Bertz CT molecular complexity index is 1410. The molecule has 0 bridgehead atoms. The van der Waals surface area contributed by atoms with Crippen LogP contribution in [0.15, 0.2) is 73.3 Å². The summed E-state index contributed by atoms with van der Waals surface area (Å²) in [6, 6.07) is 21.4. The maximum absolute atomic E-state index is 11.6. The molecule has 0 saturated heterocycles. The van der Waals surface area contributed by atoms with Crippen molar-refractivity contribution in [1.29, 1.82) is 0 Å². The summed E-state index contributed by atoms with van der Waals surface area (Å²) in [6.45, 7) is 5.90. The van der Waals surface area contributed by atoms with E-state index in [1.807, 2.05) is 23.5 Å². The summed E-state index contributed by atoms with van der Waals surface area (Å²) in [5, 5.41) is 7.39. The SMILES string of the molecule is C=CC(=O)OCc1cccc2cc(C)c3sc4c5ccccc5ccc4c3c12. The zero-order valence-electron chi connectivity index (χ0n) is 15.5. The number of hydrogen-bond acceptors (Lipinski definition) is 3. The van der Waals surface area contributed by atoms with Crippen LogP contribution in [0, 0.1) is 6.92 Å². The van der Waals surface area contributed by atoms with Crippen LogP contribution in [0.2, 0.25) is 0 Å². The molecule has 0 aliphatic carbocycles. The molecule has 3 heteroatoms. The molecule has 0 amide bonds. The van der Waals surface area contributed by atoms with Gasteiger partial charge >= 0.3 is 5.97 Å². The lowest BCUT2D eigenvalue weighted by Crippen LogP contribution is -2.00. The molecule has 0 fully saturated rings. The highest BCUT2D eigenvalue weighted by Crippen LogP contribution is 2.44. The first-order valence-electron chi connectivity index (χ1n) is 9.22. The molecule has 0 aliphatic rings. The van der Waals surface area contributed by atoms with Gasteiger partial charge in [-0.2, -0.15) is 0 Å². The van der Waals surface area contributed by atoms with Crippen LogP contribution in [0.4, 0.5) is 0 Å². The van der Waals surface area contributed by atoms with Gasteiger partial charge in [0.05, 0.1) is 0 Å². The van der Waals surface area contributed by atoms with Gasteiger partial charge in [0.15, 0.2) is 0 Å². The fourth-order valence-corrected chi connectivity index (χ4v) is 5.34. The normalized spacial score (nSPS) is 11.5. The van der Waals surface area contributed by atoms with E-state index in [1.54, 1.807) is 0 Å². The third-order valence-electron chi connectivity index (χ3n) is 5.28. The number of carbonyl (C=O) groups excluding carboxylic acids is 1. The zero-order valence-corrected chi connectivity index (χ0v) is 16.3. The molecule has 0 saturated carbocycles. The molecule has 1 aromatic heterocycles. The number of carbonyl (C=O) groups is 1. The summed E-state index contributed by atoms with van der Waals surface area (Å²) < 4.78 is 7.97. The molecule has 0 spiro atoms. The molecule has 0 N–H and O–H groups in total. The van der Waals surface area contributed by atoms with Gasteiger partial charge in [0.25, 0.3) is 0 Å². The van der Waals surface area contributed by atoms with Gasteiger partial charge in [-0.25, -0.2) is 4.79 Å². The average Bonchev–Trinajstić information content (AvgIpc) is 3.12. The molecule has 0 aliphatic heterocycles. The fourth-order valence-electron chi connectivity index (χ4n) is 4.02. The second kappa shape index (κ2) is 6.47. The standard InChI is InChI=1S/C25H18O2S/c1-3-21(26)27-14-18-9-6-8-17-13-15(2)24-23(22(17)18)20-12-11-16-7-4-5-10-19(16)25(20)28-24/h3-13H,1,14H2,2H3. The quantitative estimate of drug-likeness (QED) is 0.251. The molecule has 0 atom stereocenters. The highest BCUT2D eigenvalue weighted by molar-refractivity contribution is 7.27. The minimum absolute atomic E-state index is 0.241. The predicted octanol–water partition coefficient (Wildman–Crippen LogP) is 6.90. The van der Waals surface area contributed by atoms with E-state index in [1.165, 1.54) is 53.4 Å². The molecule has 4 aromatic carbocycles. The zero-order chi connectivity index (χ0) is 19.3. The van der Waals surface area contributed by atoms with Gasteiger partial charge in [-0.15, -0.1) is 11.3 Å². The van der Waals surface area contributed by atoms with Gasteiger partial charge in [0.1, 0.15) is 6.61 Å². The van der Waals surface area contributed by atoms with Crippen LogP contribution in [0.3, 0.4) is 0 Å². The van der Waals surface area contributed by atoms with Crippen molar-refractivity contribution in [3.8, 4) is 0 Å². The van der Waals surface area contributed by atoms with Crippen molar-refractivity contribution < 1.29 is 9.53 Å². The first-order chi connectivity index (χ1) is 13.7. The van der Waals surface area contributed by atoms with E-state index in [4.69, 9.17) is 4.74 Å².